The molecule has 0 atom stereocenters. The van der Waals surface area contributed by atoms with Crippen molar-refractivity contribution in [1.29, 1.82) is 0 Å². The van der Waals surface area contributed by atoms with Crippen LogP contribution in [0, 0.1) is 0 Å². The monoisotopic (exact) mass is 202 g/mol. The van der Waals surface area contributed by atoms with Crippen LogP contribution in [-0.2, 0) is 4.79 Å². The first-order valence-corrected chi connectivity index (χ1v) is 4.67. The third kappa shape index (κ3) is 8.79. The lowest BCUT2D eigenvalue weighted by Crippen LogP contribution is -2.40. The quantitative estimate of drug-likeness (QED) is 0.389. The minimum Gasteiger partial charge on any atom is -0.353 e. The van der Waals surface area contributed by atoms with Gasteiger partial charge < -0.3 is 21.7 Å². The predicted molar refractivity (Wildman–Crippen MR) is 53.8 cm³/mol. The number of rotatable bonds is 7. The molecule has 82 valence electrons. The van der Waals surface area contributed by atoms with Crippen molar-refractivity contribution < 1.29 is 9.59 Å². The molecule has 6 nitrogen and oxygen atoms in total. The van der Waals surface area contributed by atoms with Gasteiger partial charge in [0.15, 0.2) is 0 Å². The first-order chi connectivity index (χ1) is 6.66. The first kappa shape index (κ1) is 12.7. The maximum atomic E-state index is 11.0. The van der Waals surface area contributed by atoms with Crippen molar-refractivity contribution in [2.45, 2.75) is 13.3 Å². The molecule has 0 unspecified atom stereocenters. The van der Waals surface area contributed by atoms with Crippen LogP contribution in [0.4, 0.5) is 4.79 Å². The van der Waals surface area contributed by atoms with Crippen LogP contribution in [0.5, 0.6) is 0 Å². The van der Waals surface area contributed by atoms with E-state index in [1.165, 1.54) is 0 Å². The van der Waals surface area contributed by atoms with Crippen molar-refractivity contribution >= 4 is 11.9 Å². The van der Waals surface area contributed by atoms with Gasteiger partial charge in [-0.1, -0.05) is 6.92 Å². The molecule has 14 heavy (non-hydrogen) atoms. The fourth-order valence-corrected chi connectivity index (χ4v) is 0.829. The molecule has 0 fully saturated rings. The van der Waals surface area contributed by atoms with Crippen molar-refractivity contribution in [2.75, 3.05) is 26.2 Å². The average molecular weight is 202 g/mol. The number of carbonyl (C=O) groups excluding carboxylic acids is 2. The number of urea groups is 1. The lowest BCUT2D eigenvalue weighted by atomic mass is 10.4. The number of primary amides is 1. The minimum atomic E-state index is -0.580. The molecule has 0 rings (SSSR count). The molecule has 0 saturated heterocycles. The van der Waals surface area contributed by atoms with Crippen LogP contribution in [0.15, 0.2) is 0 Å². The van der Waals surface area contributed by atoms with Crippen LogP contribution in [0.2, 0.25) is 0 Å². The molecule has 0 bridgehead atoms. The highest BCUT2D eigenvalue weighted by Crippen LogP contribution is 1.69. The summed E-state index contributed by atoms with van der Waals surface area (Å²) in [5, 5.41) is 7.96. The number of amides is 3. The van der Waals surface area contributed by atoms with Gasteiger partial charge in [-0.2, -0.15) is 0 Å². The van der Waals surface area contributed by atoms with Crippen LogP contribution in [0.3, 0.4) is 0 Å². The second-order valence-corrected chi connectivity index (χ2v) is 2.82. The molecule has 0 spiro atoms. The van der Waals surface area contributed by atoms with Crippen molar-refractivity contribution in [3.8, 4) is 0 Å². The van der Waals surface area contributed by atoms with Gasteiger partial charge in [0.05, 0.1) is 6.54 Å². The number of nitrogens with two attached hydrogens (primary N) is 1. The van der Waals surface area contributed by atoms with E-state index in [9.17, 15) is 9.59 Å². The number of carbonyl (C=O) groups is 2. The third-order valence-electron chi connectivity index (χ3n) is 1.46. The lowest BCUT2D eigenvalue weighted by molar-refractivity contribution is -0.120. The smallest absolute Gasteiger partial charge is 0.312 e. The summed E-state index contributed by atoms with van der Waals surface area (Å²) in [4.78, 5) is 21.3. The number of nitrogens with one attached hydrogen (secondary N) is 3. The standard InChI is InChI=1S/C8H18N4O2/c1-2-3-10-6-7(13)11-4-5-12-8(9)14/h10H,2-6H2,1H3,(H,11,13)(H3,9,12,14). The Morgan fingerprint density at radius 3 is 2.36 bits per heavy atom. The van der Waals surface area contributed by atoms with Gasteiger partial charge in [0.2, 0.25) is 5.91 Å². The average Bonchev–Trinajstić information content (AvgIpc) is 2.13. The molecule has 0 aliphatic rings. The zero-order valence-electron chi connectivity index (χ0n) is 8.43. The van der Waals surface area contributed by atoms with E-state index < -0.39 is 6.03 Å². The van der Waals surface area contributed by atoms with E-state index in [1.54, 1.807) is 0 Å². The molecule has 0 aromatic carbocycles. The largest absolute Gasteiger partial charge is 0.353 e. The maximum Gasteiger partial charge on any atom is 0.312 e. The summed E-state index contributed by atoms with van der Waals surface area (Å²) >= 11 is 0. The van der Waals surface area contributed by atoms with Gasteiger partial charge in [-0.15, -0.1) is 0 Å². The minimum absolute atomic E-state index is 0.0790. The molecular formula is C8H18N4O2. The van der Waals surface area contributed by atoms with Crippen molar-refractivity contribution in [2.24, 2.45) is 5.73 Å². The van der Waals surface area contributed by atoms with Crippen molar-refractivity contribution in [1.82, 2.24) is 16.0 Å². The van der Waals surface area contributed by atoms with Gasteiger partial charge in [0.25, 0.3) is 0 Å². The second-order valence-electron chi connectivity index (χ2n) is 2.82. The zero-order valence-corrected chi connectivity index (χ0v) is 8.43. The fourth-order valence-electron chi connectivity index (χ4n) is 0.829. The highest BCUT2D eigenvalue weighted by molar-refractivity contribution is 5.78. The summed E-state index contributed by atoms with van der Waals surface area (Å²) in [6.45, 7) is 3.92. The van der Waals surface area contributed by atoms with Crippen LogP contribution in [-0.4, -0.2) is 38.1 Å². The van der Waals surface area contributed by atoms with E-state index in [0.29, 0.717) is 19.6 Å². The molecule has 0 aromatic rings. The summed E-state index contributed by atoms with van der Waals surface area (Å²) < 4.78 is 0. The molecule has 0 radical (unpaired) electrons. The second kappa shape index (κ2) is 8.31. The van der Waals surface area contributed by atoms with Crippen LogP contribution >= 0.6 is 0 Å². The maximum absolute atomic E-state index is 11.0. The molecule has 0 heterocycles. The van der Waals surface area contributed by atoms with Gasteiger partial charge in [-0.25, -0.2) is 4.79 Å². The van der Waals surface area contributed by atoms with E-state index in [4.69, 9.17) is 5.73 Å². The SMILES string of the molecule is CCCNCC(=O)NCCNC(N)=O. The number of hydrogen-bond acceptors (Lipinski definition) is 3. The summed E-state index contributed by atoms with van der Waals surface area (Å²) in [5.74, 6) is -0.0790. The Balaban J connectivity index is 3.22. The Morgan fingerprint density at radius 2 is 1.79 bits per heavy atom. The third-order valence-corrected chi connectivity index (χ3v) is 1.46. The van der Waals surface area contributed by atoms with Gasteiger partial charge in [-0.05, 0) is 13.0 Å². The highest BCUT2D eigenvalue weighted by atomic mass is 16.2. The summed E-state index contributed by atoms with van der Waals surface area (Å²) in [6.07, 6.45) is 0.997. The molecule has 3 amide bonds. The van der Waals surface area contributed by atoms with E-state index >= 15 is 0 Å². The fraction of sp³-hybridized carbons (Fsp3) is 0.750. The van der Waals surface area contributed by atoms with Crippen LogP contribution < -0.4 is 21.7 Å². The van der Waals surface area contributed by atoms with E-state index in [2.05, 4.69) is 16.0 Å². The normalized spacial score (nSPS) is 9.50. The molecule has 5 N–H and O–H groups in total. The molecule has 6 heteroatoms. The topological polar surface area (TPSA) is 96.2 Å². The van der Waals surface area contributed by atoms with Crippen LogP contribution in [0.1, 0.15) is 13.3 Å². The van der Waals surface area contributed by atoms with E-state index in [0.717, 1.165) is 13.0 Å². The summed E-state index contributed by atoms with van der Waals surface area (Å²) in [7, 11) is 0. The Kier molecular flexibility index (Phi) is 7.53. The summed E-state index contributed by atoms with van der Waals surface area (Å²) in [6, 6.07) is -0.580. The Labute approximate surface area is 83.6 Å². The Hall–Kier alpha value is -1.30. The molecule has 0 aliphatic carbocycles. The Morgan fingerprint density at radius 1 is 1.14 bits per heavy atom. The Bertz CT molecular complexity index is 184. The van der Waals surface area contributed by atoms with Gasteiger partial charge in [0, 0.05) is 13.1 Å². The van der Waals surface area contributed by atoms with Crippen LogP contribution in [0.25, 0.3) is 0 Å². The molecular weight excluding hydrogens is 184 g/mol. The zero-order chi connectivity index (χ0) is 10.8. The van der Waals surface area contributed by atoms with E-state index in [-0.39, 0.29) is 5.91 Å². The summed E-state index contributed by atoms with van der Waals surface area (Å²) in [5.41, 5.74) is 4.83. The molecule has 0 saturated carbocycles. The van der Waals surface area contributed by atoms with Gasteiger partial charge in [0.1, 0.15) is 0 Å². The molecule has 0 aromatic heterocycles. The highest BCUT2D eigenvalue weighted by Gasteiger charge is 1.98. The van der Waals surface area contributed by atoms with E-state index in [1.807, 2.05) is 6.92 Å². The number of hydrogen-bond donors (Lipinski definition) is 4. The first-order valence-electron chi connectivity index (χ1n) is 4.67. The van der Waals surface area contributed by atoms with Gasteiger partial charge >= 0.3 is 6.03 Å². The molecule has 0 aliphatic heterocycles. The van der Waals surface area contributed by atoms with Gasteiger partial charge in [-0.3, -0.25) is 4.79 Å². The van der Waals surface area contributed by atoms with Crippen molar-refractivity contribution in [3.05, 3.63) is 0 Å². The van der Waals surface area contributed by atoms with Crippen molar-refractivity contribution in [3.63, 3.8) is 0 Å². The predicted octanol–water partition coefficient (Wildman–Crippen LogP) is -1.23. The lowest BCUT2D eigenvalue weighted by Gasteiger charge is -2.05.